The van der Waals surface area contributed by atoms with Gasteiger partial charge in [-0.15, -0.1) is 0 Å². The molecule has 3 N–H and O–H groups in total. The number of carboxylic acid groups (broad SMARTS) is 1. The molecule has 1 fully saturated rings. The summed E-state index contributed by atoms with van der Waals surface area (Å²) in [6, 6.07) is -1.29. The Morgan fingerprint density at radius 1 is 1.47 bits per heavy atom. The second-order valence-electron chi connectivity index (χ2n) is 4.37. The van der Waals surface area contributed by atoms with E-state index in [0.29, 0.717) is 13.0 Å². The Bertz CT molecular complexity index is 284. The van der Waals surface area contributed by atoms with Crippen LogP contribution in [0.15, 0.2) is 0 Å². The number of urea groups is 1. The number of carbonyl (C=O) groups excluding carboxylic acids is 1. The van der Waals surface area contributed by atoms with Crippen molar-refractivity contribution < 1.29 is 19.4 Å². The van der Waals surface area contributed by atoms with Crippen LogP contribution in [0.5, 0.6) is 0 Å². The van der Waals surface area contributed by atoms with Crippen molar-refractivity contribution in [3.8, 4) is 0 Å². The Hall–Kier alpha value is -1.30. The van der Waals surface area contributed by atoms with Gasteiger partial charge in [0.1, 0.15) is 6.04 Å². The number of nitrogens with one attached hydrogen (secondary N) is 2. The van der Waals surface area contributed by atoms with Gasteiger partial charge in [0.05, 0.1) is 5.60 Å². The monoisotopic (exact) mass is 244 g/mol. The Balaban J connectivity index is 2.32. The summed E-state index contributed by atoms with van der Waals surface area (Å²) in [5.41, 5.74) is -0.248. The highest BCUT2D eigenvalue weighted by Crippen LogP contribution is 2.34. The Morgan fingerprint density at radius 3 is 2.47 bits per heavy atom. The predicted octanol–water partition coefficient (Wildman–Crippen LogP) is 0.718. The van der Waals surface area contributed by atoms with Crippen LogP contribution >= 0.6 is 0 Å². The zero-order valence-corrected chi connectivity index (χ0v) is 10.3. The first-order chi connectivity index (χ1) is 8.03. The van der Waals surface area contributed by atoms with Crippen LogP contribution in [0.3, 0.4) is 0 Å². The molecule has 0 bridgehead atoms. The third kappa shape index (κ3) is 3.59. The molecule has 0 saturated heterocycles. The predicted molar refractivity (Wildman–Crippen MR) is 61.8 cm³/mol. The third-order valence-electron chi connectivity index (χ3n) is 3.28. The van der Waals surface area contributed by atoms with Gasteiger partial charge in [0.25, 0.3) is 0 Å². The molecule has 6 nitrogen and oxygen atoms in total. The summed E-state index contributed by atoms with van der Waals surface area (Å²) in [6.07, 6.45) is 3.32. The Kier molecular flexibility index (Phi) is 4.74. The minimum atomic E-state index is -1.02. The van der Waals surface area contributed by atoms with E-state index < -0.39 is 18.0 Å². The number of hydrogen-bond acceptors (Lipinski definition) is 3. The average Bonchev–Trinajstić information content (AvgIpc) is 2.24. The second-order valence-corrected chi connectivity index (χ2v) is 4.37. The zero-order chi connectivity index (χ0) is 12.9. The Labute approximate surface area is 101 Å². The minimum absolute atomic E-state index is 0.248. The second kappa shape index (κ2) is 5.86. The molecule has 0 radical (unpaired) electrons. The van der Waals surface area contributed by atoms with E-state index in [0.717, 1.165) is 19.3 Å². The van der Waals surface area contributed by atoms with Gasteiger partial charge >= 0.3 is 12.0 Å². The van der Waals surface area contributed by atoms with Crippen LogP contribution < -0.4 is 10.6 Å². The van der Waals surface area contributed by atoms with E-state index in [-0.39, 0.29) is 5.60 Å². The summed E-state index contributed by atoms with van der Waals surface area (Å²) in [6.45, 7) is 2.13. The van der Waals surface area contributed by atoms with E-state index in [2.05, 4.69) is 10.6 Å². The molecule has 98 valence electrons. The van der Waals surface area contributed by atoms with Crippen molar-refractivity contribution >= 4 is 12.0 Å². The van der Waals surface area contributed by atoms with Gasteiger partial charge in [-0.25, -0.2) is 9.59 Å². The van der Waals surface area contributed by atoms with Crippen LogP contribution in [0.2, 0.25) is 0 Å². The van der Waals surface area contributed by atoms with Gasteiger partial charge in [0, 0.05) is 13.7 Å². The number of amides is 2. The molecular weight excluding hydrogens is 224 g/mol. The van der Waals surface area contributed by atoms with Crippen molar-refractivity contribution in [1.29, 1.82) is 0 Å². The highest BCUT2D eigenvalue weighted by molar-refractivity contribution is 5.82. The van der Waals surface area contributed by atoms with Crippen LogP contribution in [-0.4, -0.2) is 42.4 Å². The van der Waals surface area contributed by atoms with E-state index in [1.165, 1.54) is 0 Å². The zero-order valence-electron chi connectivity index (χ0n) is 10.3. The normalized spacial score (nSPS) is 18.9. The molecule has 0 aliphatic heterocycles. The summed E-state index contributed by atoms with van der Waals surface area (Å²) in [5.74, 6) is -1.02. The fourth-order valence-electron chi connectivity index (χ4n) is 1.81. The number of aliphatic carboxylic acids is 1. The molecule has 1 rings (SSSR count). The molecule has 1 saturated carbocycles. The topological polar surface area (TPSA) is 87.7 Å². The van der Waals surface area contributed by atoms with Gasteiger partial charge in [0.15, 0.2) is 0 Å². The van der Waals surface area contributed by atoms with Crippen molar-refractivity contribution in [2.75, 3.05) is 13.7 Å². The Morgan fingerprint density at radius 2 is 2.12 bits per heavy atom. The van der Waals surface area contributed by atoms with E-state index in [9.17, 15) is 9.59 Å². The lowest BCUT2D eigenvalue weighted by Gasteiger charge is -2.40. The van der Waals surface area contributed by atoms with Crippen molar-refractivity contribution in [1.82, 2.24) is 10.6 Å². The summed E-state index contributed by atoms with van der Waals surface area (Å²) in [4.78, 5) is 22.2. The van der Waals surface area contributed by atoms with Gasteiger partial charge in [-0.3, -0.25) is 0 Å². The van der Waals surface area contributed by atoms with Crippen molar-refractivity contribution in [3.63, 3.8) is 0 Å². The van der Waals surface area contributed by atoms with Crippen LogP contribution in [0.1, 0.15) is 32.6 Å². The highest BCUT2D eigenvalue weighted by atomic mass is 16.5. The molecule has 0 aromatic carbocycles. The number of rotatable bonds is 6. The summed E-state index contributed by atoms with van der Waals surface area (Å²) < 4.78 is 5.34. The molecule has 1 aliphatic carbocycles. The maximum atomic E-state index is 11.5. The molecule has 17 heavy (non-hydrogen) atoms. The quantitative estimate of drug-likeness (QED) is 0.642. The fourth-order valence-corrected chi connectivity index (χ4v) is 1.81. The first kappa shape index (κ1) is 13.8. The molecule has 1 atom stereocenters. The van der Waals surface area contributed by atoms with E-state index in [1.807, 2.05) is 0 Å². The van der Waals surface area contributed by atoms with E-state index >= 15 is 0 Å². The standard InChI is InChI=1S/C11H20N2O4/c1-3-8(9(14)15)13-10(16)12-7-11(17-2)5-4-6-11/h8H,3-7H2,1-2H3,(H,14,15)(H2,12,13,16)/t8-/m1/s1. The lowest BCUT2D eigenvalue weighted by Crippen LogP contribution is -2.53. The minimum Gasteiger partial charge on any atom is -0.480 e. The molecule has 0 unspecified atom stereocenters. The van der Waals surface area contributed by atoms with Crippen molar-refractivity contribution in [2.45, 2.75) is 44.2 Å². The third-order valence-corrected chi connectivity index (χ3v) is 3.28. The van der Waals surface area contributed by atoms with Crippen LogP contribution in [0.25, 0.3) is 0 Å². The van der Waals surface area contributed by atoms with Gasteiger partial charge in [-0.05, 0) is 25.7 Å². The summed E-state index contributed by atoms with van der Waals surface area (Å²) >= 11 is 0. The molecule has 0 aromatic rings. The first-order valence-corrected chi connectivity index (χ1v) is 5.85. The molecule has 2 amide bonds. The smallest absolute Gasteiger partial charge is 0.326 e. The number of carboxylic acids is 1. The first-order valence-electron chi connectivity index (χ1n) is 5.85. The fraction of sp³-hybridized carbons (Fsp3) is 0.818. The van der Waals surface area contributed by atoms with Crippen molar-refractivity contribution in [3.05, 3.63) is 0 Å². The molecule has 1 aliphatic rings. The lowest BCUT2D eigenvalue weighted by atomic mass is 9.80. The molecule has 0 heterocycles. The van der Waals surface area contributed by atoms with Gasteiger partial charge in [0.2, 0.25) is 0 Å². The lowest BCUT2D eigenvalue weighted by molar-refractivity contribution is -0.139. The van der Waals surface area contributed by atoms with E-state index in [4.69, 9.17) is 9.84 Å². The maximum absolute atomic E-state index is 11.5. The van der Waals surface area contributed by atoms with Crippen LogP contribution in [-0.2, 0) is 9.53 Å². The summed E-state index contributed by atoms with van der Waals surface area (Å²) in [7, 11) is 1.63. The molecule has 0 aromatic heterocycles. The SMILES string of the molecule is CC[C@@H](NC(=O)NCC1(OC)CCC1)C(=O)O. The van der Waals surface area contributed by atoms with Crippen molar-refractivity contribution in [2.24, 2.45) is 0 Å². The van der Waals surface area contributed by atoms with Gasteiger partial charge < -0.3 is 20.5 Å². The molecule has 0 spiro atoms. The number of hydrogen-bond donors (Lipinski definition) is 3. The molecule has 6 heteroatoms. The maximum Gasteiger partial charge on any atom is 0.326 e. The molecular formula is C11H20N2O4. The largest absolute Gasteiger partial charge is 0.480 e. The number of ether oxygens (including phenoxy) is 1. The highest BCUT2D eigenvalue weighted by Gasteiger charge is 2.37. The average molecular weight is 244 g/mol. The van der Waals surface area contributed by atoms with Crippen LogP contribution in [0, 0.1) is 0 Å². The van der Waals surface area contributed by atoms with Gasteiger partial charge in [-0.1, -0.05) is 6.92 Å². The number of methoxy groups -OCH3 is 1. The summed E-state index contributed by atoms with van der Waals surface area (Å²) in [5, 5.41) is 13.9. The van der Waals surface area contributed by atoms with Gasteiger partial charge in [-0.2, -0.15) is 0 Å². The van der Waals surface area contributed by atoms with E-state index in [1.54, 1.807) is 14.0 Å². The van der Waals surface area contributed by atoms with Crippen LogP contribution in [0.4, 0.5) is 4.79 Å². The number of carbonyl (C=O) groups is 2.